The molecule has 0 radical (unpaired) electrons. The first kappa shape index (κ1) is 24.4. The molecule has 0 saturated carbocycles. The number of guanidine groups is 1. The van der Waals surface area contributed by atoms with Gasteiger partial charge in [-0.25, -0.2) is 0 Å². The van der Waals surface area contributed by atoms with E-state index in [1.54, 1.807) is 7.11 Å². The molecule has 0 amide bonds. The molecule has 30 heavy (non-hydrogen) atoms. The standard InChI is InChI=1S/C23H42N6O/c1-21-8-5-9-22(20-21)29-17-15-28(16-18-29)13-6-10-25-23(24-2)26-11-14-27(3)12-7-19-30-4/h5,8-9,20H,6-7,10-19H2,1-4H3,(H2,24,25,26). The molecule has 0 aromatic heterocycles. The molecular formula is C23H42N6O. The molecule has 0 bridgehead atoms. The number of likely N-dealkylation sites (N-methyl/N-ethyl adjacent to an activating group) is 1. The molecule has 0 unspecified atom stereocenters. The molecule has 7 heteroatoms. The number of nitrogens with zero attached hydrogens (tertiary/aromatic N) is 4. The molecule has 2 rings (SSSR count). The lowest BCUT2D eigenvalue weighted by Gasteiger charge is -2.36. The Hall–Kier alpha value is -1.83. The lowest BCUT2D eigenvalue weighted by Crippen LogP contribution is -2.47. The third-order valence-electron chi connectivity index (χ3n) is 5.58. The summed E-state index contributed by atoms with van der Waals surface area (Å²) in [4.78, 5) is 11.7. The minimum atomic E-state index is 0.821. The first-order valence-corrected chi connectivity index (χ1v) is 11.3. The van der Waals surface area contributed by atoms with Crippen LogP contribution in [0.5, 0.6) is 0 Å². The number of piperazine rings is 1. The Bertz CT molecular complexity index is 615. The third kappa shape index (κ3) is 9.32. The second-order valence-electron chi connectivity index (χ2n) is 8.10. The van der Waals surface area contributed by atoms with Crippen molar-refractivity contribution >= 4 is 11.6 Å². The number of anilines is 1. The smallest absolute Gasteiger partial charge is 0.191 e. The Labute approximate surface area is 183 Å². The Morgan fingerprint density at radius 1 is 1.10 bits per heavy atom. The van der Waals surface area contributed by atoms with E-state index < -0.39 is 0 Å². The number of aliphatic imine (C=N–C) groups is 1. The van der Waals surface area contributed by atoms with Crippen LogP contribution in [0.2, 0.25) is 0 Å². The van der Waals surface area contributed by atoms with Crippen molar-refractivity contribution < 1.29 is 4.74 Å². The monoisotopic (exact) mass is 418 g/mol. The quantitative estimate of drug-likeness (QED) is 0.306. The Morgan fingerprint density at radius 2 is 1.87 bits per heavy atom. The van der Waals surface area contributed by atoms with E-state index in [9.17, 15) is 0 Å². The van der Waals surface area contributed by atoms with E-state index in [2.05, 4.69) is 68.6 Å². The lowest BCUT2D eigenvalue weighted by molar-refractivity contribution is 0.180. The molecule has 1 aromatic carbocycles. The highest BCUT2D eigenvalue weighted by atomic mass is 16.5. The zero-order chi connectivity index (χ0) is 21.6. The fourth-order valence-electron chi connectivity index (χ4n) is 3.74. The van der Waals surface area contributed by atoms with Crippen LogP contribution >= 0.6 is 0 Å². The molecule has 1 fully saturated rings. The van der Waals surface area contributed by atoms with Crippen LogP contribution in [0.1, 0.15) is 18.4 Å². The highest BCUT2D eigenvalue weighted by Gasteiger charge is 2.16. The van der Waals surface area contributed by atoms with Crippen molar-refractivity contribution in [2.75, 3.05) is 91.6 Å². The van der Waals surface area contributed by atoms with Crippen LogP contribution in [0, 0.1) is 6.92 Å². The average Bonchev–Trinajstić information content (AvgIpc) is 2.76. The fourth-order valence-corrected chi connectivity index (χ4v) is 3.74. The molecule has 1 saturated heterocycles. The maximum Gasteiger partial charge on any atom is 0.191 e. The van der Waals surface area contributed by atoms with Gasteiger partial charge in [0.1, 0.15) is 0 Å². The van der Waals surface area contributed by atoms with Crippen LogP contribution in [0.3, 0.4) is 0 Å². The van der Waals surface area contributed by atoms with E-state index in [1.165, 1.54) is 11.3 Å². The summed E-state index contributed by atoms with van der Waals surface area (Å²) in [5.41, 5.74) is 2.69. The first-order valence-electron chi connectivity index (χ1n) is 11.3. The van der Waals surface area contributed by atoms with Gasteiger partial charge in [0.25, 0.3) is 0 Å². The molecule has 7 nitrogen and oxygen atoms in total. The summed E-state index contributed by atoms with van der Waals surface area (Å²) in [5, 5.41) is 6.84. The highest BCUT2D eigenvalue weighted by Crippen LogP contribution is 2.17. The summed E-state index contributed by atoms with van der Waals surface area (Å²) in [6.07, 6.45) is 2.20. The van der Waals surface area contributed by atoms with Crippen molar-refractivity contribution in [1.82, 2.24) is 20.4 Å². The summed E-state index contributed by atoms with van der Waals surface area (Å²) in [5.74, 6) is 0.893. The van der Waals surface area contributed by atoms with Gasteiger partial charge in [0.2, 0.25) is 0 Å². The van der Waals surface area contributed by atoms with Crippen LogP contribution in [0.25, 0.3) is 0 Å². The lowest BCUT2D eigenvalue weighted by atomic mass is 10.2. The SMILES string of the molecule is CN=C(NCCCN1CCN(c2cccc(C)c2)CC1)NCCN(C)CCCOC. The summed E-state index contributed by atoms with van der Waals surface area (Å²) in [6, 6.07) is 8.83. The van der Waals surface area contributed by atoms with Crippen molar-refractivity contribution in [3.63, 3.8) is 0 Å². The number of hydrogen-bond donors (Lipinski definition) is 2. The van der Waals surface area contributed by atoms with Gasteiger partial charge in [-0.2, -0.15) is 0 Å². The second-order valence-corrected chi connectivity index (χ2v) is 8.10. The Morgan fingerprint density at radius 3 is 2.57 bits per heavy atom. The van der Waals surface area contributed by atoms with Crippen LogP contribution in [0.15, 0.2) is 29.3 Å². The minimum Gasteiger partial charge on any atom is -0.385 e. The van der Waals surface area contributed by atoms with Gasteiger partial charge in [-0.15, -0.1) is 0 Å². The molecule has 0 aliphatic carbocycles. The third-order valence-corrected chi connectivity index (χ3v) is 5.58. The normalized spacial score (nSPS) is 15.6. The second kappa shape index (κ2) is 14.2. The van der Waals surface area contributed by atoms with Gasteiger partial charge in [0, 0.05) is 78.8 Å². The van der Waals surface area contributed by atoms with Gasteiger partial charge in [-0.1, -0.05) is 12.1 Å². The zero-order valence-electron chi connectivity index (χ0n) is 19.5. The van der Waals surface area contributed by atoms with E-state index in [-0.39, 0.29) is 0 Å². The summed E-state index contributed by atoms with van der Waals surface area (Å²) in [7, 11) is 5.73. The molecule has 1 aliphatic rings. The van der Waals surface area contributed by atoms with E-state index in [1.807, 2.05) is 7.05 Å². The van der Waals surface area contributed by atoms with Crippen molar-refractivity contribution in [2.45, 2.75) is 19.8 Å². The molecule has 1 aliphatic heterocycles. The van der Waals surface area contributed by atoms with Gasteiger partial charge in [-0.3, -0.25) is 9.89 Å². The average molecular weight is 419 g/mol. The molecule has 170 valence electrons. The number of methoxy groups -OCH3 is 1. The van der Waals surface area contributed by atoms with Crippen molar-refractivity contribution in [1.29, 1.82) is 0 Å². The summed E-state index contributed by atoms with van der Waals surface area (Å²) < 4.78 is 5.10. The predicted octanol–water partition coefficient (Wildman–Crippen LogP) is 1.64. The Kier molecular flexibility index (Phi) is 11.6. The highest BCUT2D eigenvalue weighted by molar-refractivity contribution is 5.79. The van der Waals surface area contributed by atoms with Crippen LogP contribution in [0.4, 0.5) is 5.69 Å². The van der Waals surface area contributed by atoms with Gasteiger partial charge < -0.3 is 25.2 Å². The van der Waals surface area contributed by atoms with Crippen molar-refractivity contribution in [2.24, 2.45) is 4.99 Å². The number of rotatable bonds is 12. The molecule has 0 atom stereocenters. The summed E-state index contributed by atoms with van der Waals surface area (Å²) in [6.45, 7) is 12.5. The largest absolute Gasteiger partial charge is 0.385 e. The number of aryl methyl sites for hydroxylation is 1. The first-order chi connectivity index (χ1) is 14.6. The van der Waals surface area contributed by atoms with Gasteiger partial charge in [0.15, 0.2) is 5.96 Å². The molecular weight excluding hydrogens is 376 g/mol. The van der Waals surface area contributed by atoms with Gasteiger partial charge >= 0.3 is 0 Å². The summed E-state index contributed by atoms with van der Waals surface area (Å²) >= 11 is 0. The zero-order valence-corrected chi connectivity index (χ0v) is 19.5. The van der Waals surface area contributed by atoms with E-state index >= 15 is 0 Å². The topological polar surface area (TPSA) is 55.4 Å². The van der Waals surface area contributed by atoms with Crippen LogP contribution in [-0.4, -0.2) is 102 Å². The number of nitrogens with one attached hydrogen (secondary N) is 2. The molecule has 1 aromatic rings. The van der Waals surface area contributed by atoms with Gasteiger partial charge in [0.05, 0.1) is 0 Å². The van der Waals surface area contributed by atoms with Crippen LogP contribution in [-0.2, 0) is 4.74 Å². The van der Waals surface area contributed by atoms with Crippen molar-refractivity contribution in [3.05, 3.63) is 29.8 Å². The Balaban J connectivity index is 1.54. The maximum atomic E-state index is 5.10. The van der Waals surface area contributed by atoms with E-state index in [0.29, 0.717) is 0 Å². The fraction of sp³-hybridized carbons (Fsp3) is 0.696. The minimum absolute atomic E-state index is 0.821. The molecule has 1 heterocycles. The number of hydrogen-bond acceptors (Lipinski definition) is 5. The van der Waals surface area contributed by atoms with Gasteiger partial charge in [-0.05, 0) is 51.1 Å². The molecule has 2 N–H and O–H groups in total. The predicted molar refractivity (Wildman–Crippen MR) is 128 cm³/mol. The van der Waals surface area contributed by atoms with E-state index in [4.69, 9.17) is 4.74 Å². The molecule has 0 spiro atoms. The van der Waals surface area contributed by atoms with Crippen molar-refractivity contribution in [3.8, 4) is 0 Å². The van der Waals surface area contributed by atoms with E-state index in [0.717, 1.165) is 84.3 Å². The number of ether oxygens (including phenoxy) is 1. The number of benzene rings is 1. The maximum absolute atomic E-state index is 5.10. The van der Waals surface area contributed by atoms with Crippen LogP contribution < -0.4 is 15.5 Å².